The zero-order chi connectivity index (χ0) is 11.4. The van der Waals surface area contributed by atoms with E-state index in [1.54, 1.807) is 26.1 Å². The number of carboxylic acid groups (broad SMARTS) is 1. The second-order valence-electron chi connectivity index (χ2n) is 3.30. The molecule has 15 heavy (non-hydrogen) atoms. The van der Waals surface area contributed by atoms with E-state index < -0.39 is 5.97 Å². The highest BCUT2D eigenvalue weighted by Gasteiger charge is 2.07. The summed E-state index contributed by atoms with van der Waals surface area (Å²) in [4.78, 5) is 21.8. The summed E-state index contributed by atoms with van der Waals surface area (Å²) < 4.78 is 0. The molecule has 0 aromatic heterocycles. The molecule has 2 N–H and O–H groups in total. The van der Waals surface area contributed by atoms with Crippen LogP contribution in [0.2, 0.25) is 0 Å². The molecule has 0 bridgehead atoms. The minimum absolute atomic E-state index is 0.0822. The fraction of sp³-hybridized carbons (Fsp3) is 0.273. The fourth-order valence-corrected chi connectivity index (χ4v) is 1.29. The first-order chi connectivity index (χ1) is 7.04. The largest absolute Gasteiger partial charge is 0.478 e. The lowest BCUT2D eigenvalue weighted by Crippen LogP contribution is -2.20. The van der Waals surface area contributed by atoms with Crippen LogP contribution in [0.5, 0.6) is 0 Å². The second kappa shape index (κ2) is 4.59. The molecule has 0 aliphatic carbocycles. The molecular formula is C11H13NO3. The van der Waals surface area contributed by atoms with Crippen LogP contribution in [0.15, 0.2) is 18.2 Å². The van der Waals surface area contributed by atoms with Crippen LogP contribution in [0.25, 0.3) is 0 Å². The smallest absolute Gasteiger partial charge is 0.335 e. The summed E-state index contributed by atoms with van der Waals surface area (Å²) in [5.41, 5.74) is 1.91. The van der Waals surface area contributed by atoms with Crippen molar-refractivity contribution < 1.29 is 14.7 Å². The zero-order valence-electron chi connectivity index (χ0n) is 8.70. The van der Waals surface area contributed by atoms with Crippen LogP contribution in [-0.2, 0) is 11.2 Å². The van der Waals surface area contributed by atoms with Crippen molar-refractivity contribution in [3.63, 3.8) is 0 Å². The summed E-state index contributed by atoms with van der Waals surface area (Å²) >= 11 is 0. The van der Waals surface area contributed by atoms with Crippen molar-refractivity contribution in [2.45, 2.75) is 13.3 Å². The molecule has 0 atom stereocenters. The zero-order valence-corrected chi connectivity index (χ0v) is 8.70. The van der Waals surface area contributed by atoms with Gasteiger partial charge in [-0.1, -0.05) is 6.07 Å². The molecular weight excluding hydrogens is 194 g/mol. The third-order valence-corrected chi connectivity index (χ3v) is 2.22. The first kappa shape index (κ1) is 11.2. The molecule has 0 aliphatic heterocycles. The van der Waals surface area contributed by atoms with Crippen LogP contribution in [-0.4, -0.2) is 24.0 Å². The topological polar surface area (TPSA) is 66.4 Å². The van der Waals surface area contributed by atoms with Crippen molar-refractivity contribution in [2.24, 2.45) is 0 Å². The van der Waals surface area contributed by atoms with Crippen LogP contribution in [0, 0.1) is 6.92 Å². The van der Waals surface area contributed by atoms with E-state index in [1.807, 2.05) is 0 Å². The third-order valence-electron chi connectivity index (χ3n) is 2.22. The number of aromatic carboxylic acids is 1. The lowest BCUT2D eigenvalue weighted by Gasteiger charge is -2.05. The predicted molar refractivity (Wildman–Crippen MR) is 55.9 cm³/mol. The van der Waals surface area contributed by atoms with Crippen molar-refractivity contribution >= 4 is 11.9 Å². The van der Waals surface area contributed by atoms with Crippen LogP contribution >= 0.6 is 0 Å². The highest BCUT2D eigenvalue weighted by Crippen LogP contribution is 2.11. The molecule has 1 rings (SSSR count). The maximum absolute atomic E-state index is 11.1. The summed E-state index contributed by atoms with van der Waals surface area (Å²) in [7, 11) is 1.57. The van der Waals surface area contributed by atoms with E-state index in [-0.39, 0.29) is 17.9 Å². The summed E-state index contributed by atoms with van der Waals surface area (Å²) in [5, 5.41) is 11.3. The molecule has 0 radical (unpaired) electrons. The molecule has 0 unspecified atom stereocenters. The Balaban J connectivity index is 2.93. The van der Waals surface area contributed by atoms with Crippen LogP contribution in [0.1, 0.15) is 21.5 Å². The lowest BCUT2D eigenvalue weighted by molar-refractivity contribution is -0.119. The first-order valence-electron chi connectivity index (χ1n) is 4.58. The summed E-state index contributed by atoms with van der Waals surface area (Å²) in [6, 6.07) is 4.75. The quantitative estimate of drug-likeness (QED) is 0.776. The molecule has 0 saturated carbocycles. The minimum atomic E-state index is -0.954. The van der Waals surface area contributed by atoms with E-state index in [2.05, 4.69) is 5.32 Å². The Morgan fingerprint density at radius 2 is 2.07 bits per heavy atom. The van der Waals surface area contributed by atoms with Crippen molar-refractivity contribution in [3.8, 4) is 0 Å². The summed E-state index contributed by atoms with van der Waals surface area (Å²) in [5.74, 6) is -1.04. The van der Waals surface area contributed by atoms with Crippen LogP contribution in [0.4, 0.5) is 0 Å². The van der Waals surface area contributed by atoms with E-state index in [9.17, 15) is 9.59 Å². The Hall–Kier alpha value is -1.84. The SMILES string of the molecule is CNC(=O)Cc1ccc(C(=O)O)cc1C. The maximum atomic E-state index is 11.1. The number of benzene rings is 1. The number of carbonyl (C=O) groups excluding carboxylic acids is 1. The standard InChI is InChI=1S/C11H13NO3/c1-7-5-9(11(14)15)4-3-8(7)6-10(13)12-2/h3-5H,6H2,1-2H3,(H,12,13)(H,14,15). The number of rotatable bonds is 3. The Kier molecular flexibility index (Phi) is 3.44. The van der Waals surface area contributed by atoms with Crippen molar-refractivity contribution in [2.75, 3.05) is 7.05 Å². The molecule has 0 heterocycles. The van der Waals surface area contributed by atoms with E-state index >= 15 is 0 Å². The molecule has 0 fully saturated rings. The van der Waals surface area contributed by atoms with Crippen molar-refractivity contribution in [1.29, 1.82) is 0 Å². The molecule has 0 saturated heterocycles. The van der Waals surface area contributed by atoms with Crippen LogP contribution in [0.3, 0.4) is 0 Å². The molecule has 4 nitrogen and oxygen atoms in total. The Labute approximate surface area is 87.9 Å². The number of amides is 1. The Morgan fingerprint density at radius 3 is 2.53 bits per heavy atom. The number of carboxylic acids is 1. The average molecular weight is 207 g/mol. The maximum Gasteiger partial charge on any atom is 0.335 e. The number of likely N-dealkylation sites (N-methyl/N-ethyl adjacent to an activating group) is 1. The number of aryl methyl sites for hydroxylation is 1. The van der Waals surface area contributed by atoms with Gasteiger partial charge in [0.2, 0.25) is 5.91 Å². The van der Waals surface area contributed by atoms with E-state index in [0.29, 0.717) is 0 Å². The third kappa shape index (κ3) is 2.80. The Bertz CT molecular complexity index is 399. The van der Waals surface area contributed by atoms with Gasteiger partial charge in [0, 0.05) is 7.05 Å². The van der Waals surface area contributed by atoms with Gasteiger partial charge < -0.3 is 10.4 Å². The molecule has 0 spiro atoms. The van der Waals surface area contributed by atoms with E-state index in [1.165, 1.54) is 6.07 Å². The number of carbonyl (C=O) groups is 2. The van der Waals surface area contributed by atoms with Gasteiger partial charge in [0.1, 0.15) is 0 Å². The lowest BCUT2D eigenvalue weighted by atomic mass is 10.0. The van der Waals surface area contributed by atoms with Gasteiger partial charge in [0.05, 0.1) is 12.0 Å². The summed E-state index contributed by atoms with van der Waals surface area (Å²) in [6.07, 6.45) is 0.280. The van der Waals surface area contributed by atoms with Gasteiger partial charge in [-0.25, -0.2) is 4.79 Å². The number of nitrogens with one attached hydrogen (secondary N) is 1. The van der Waals surface area contributed by atoms with Gasteiger partial charge in [0.25, 0.3) is 0 Å². The number of hydrogen-bond acceptors (Lipinski definition) is 2. The number of hydrogen-bond donors (Lipinski definition) is 2. The normalized spacial score (nSPS) is 9.73. The predicted octanol–water partition coefficient (Wildman–Crippen LogP) is 0.982. The molecule has 1 aromatic carbocycles. The molecule has 4 heteroatoms. The van der Waals surface area contributed by atoms with E-state index in [4.69, 9.17) is 5.11 Å². The highest BCUT2D eigenvalue weighted by molar-refractivity contribution is 5.88. The van der Waals surface area contributed by atoms with Crippen molar-refractivity contribution in [3.05, 3.63) is 34.9 Å². The van der Waals surface area contributed by atoms with Crippen LogP contribution < -0.4 is 5.32 Å². The molecule has 1 amide bonds. The highest BCUT2D eigenvalue weighted by atomic mass is 16.4. The van der Waals surface area contributed by atoms with E-state index in [0.717, 1.165) is 11.1 Å². The molecule has 80 valence electrons. The van der Waals surface area contributed by atoms with Gasteiger partial charge in [-0.05, 0) is 30.2 Å². The second-order valence-corrected chi connectivity index (χ2v) is 3.30. The van der Waals surface area contributed by atoms with Crippen molar-refractivity contribution in [1.82, 2.24) is 5.32 Å². The van der Waals surface area contributed by atoms with Gasteiger partial charge >= 0.3 is 5.97 Å². The summed E-state index contributed by atoms with van der Waals surface area (Å²) in [6.45, 7) is 1.80. The average Bonchev–Trinajstić information content (AvgIpc) is 2.20. The van der Waals surface area contributed by atoms with Gasteiger partial charge in [0.15, 0.2) is 0 Å². The Morgan fingerprint density at radius 1 is 1.40 bits per heavy atom. The molecule has 0 aliphatic rings. The van der Waals surface area contributed by atoms with Gasteiger partial charge in [-0.15, -0.1) is 0 Å². The monoisotopic (exact) mass is 207 g/mol. The fourth-order valence-electron chi connectivity index (χ4n) is 1.29. The first-order valence-corrected chi connectivity index (χ1v) is 4.58. The van der Waals surface area contributed by atoms with Gasteiger partial charge in [-0.2, -0.15) is 0 Å². The van der Waals surface area contributed by atoms with Gasteiger partial charge in [-0.3, -0.25) is 4.79 Å². The molecule has 1 aromatic rings. The minimum Gasteiger partial charge on any atom is -0.478 e.